The summed E-state index contributed by atoms with van der Waals surface area (Å²) < 4.78 is 3.14. The zero-order valence-corrected chi connectivity index (χ0v) is 10.7. The van der Waals surface area contributed by atoms with Gasteiger partial charge in [-0.1, -0.05) is 0 Å². The standard InChI is InChI=1S/C12H17N5O2/c1-10(9-16-7-2-5-14-16)13-6-8-17-12(19)4-3-11(18)15-17/h2-5,7,10,13H,6,8-9H2,1H3,(H,15,18). The second kappa shape index (κ2) is 6.14. The van der Waals surface area contributed by atoms with Gasteiger partial charge in [0.25, 0.3) is 11.1 Å². The van der Waals surface area contributed by atoms with Crippen molar-refractivity contribution in [2.45, 2.75) is 26.1 Å². The molecule has 0 radical (unpaired) electrons. The molecule has 2 N–H and O–H groups in total. The average Bonchev–Trinajstić information content (AvgIpc) is 2.86. The Kier molecular flexibility index (Phi) is 4.30. The smallest absolute Gasteiger partial charge is 0.265 e. The van der Waals surface area contributed by atoms with Crippen LogP contribution >= 0.6 is 0 Å². The SMILES string of the molecule is CC(Cn1cccn1)NCCn1[nH]c(=O)ccc1=O. The molecule has 102 valence electrons. The van der Waals surface area contributed by atoms with Gasteiger partial charge >= 0.3 is 0 Å². The van der Waals surface area contributed by atoms with Crippen molar-refractivity contribution in [3.8, 4) is 0 Å². The van der Waals surface area contributed by atoms with Gasteiger partial charge in [0.2, 0.25) is 0 Å². The normalized spacial score (nSPS) is 12.5. The molecule has 0 amide bonds. The van der Waals surface area contributed by atoms with E-state index in [0.717, 1.165) is 6.54 Å². The molecule has 1 atom stereocenters. The summed E-state index contributed by atoms with van der Waals surface area (Å²) in [5.41, 5.74) is -0.481. The lowest BCUT2D eigenvalue weighted by molar-refractivity contribution is 0.427. The molecule has 1 unspecified atom stereocenters. The van der Waals surface area contributed by atoms with Crippen LogP contribution in [0.3, 0.4) is 0 Å². The highest BCUT2D eigenvalue weighted by molar-refractivity contribution is 4.86. The van der Waals surface area contributed by atoms with Gasteiger partial charge in [0.15, 0.2) is 0 Å². The molecule has 0 aliphatic heterocycles. The van der Waals surface area contributed by atoms with Crippen LogP contribution in [0, 0.1) is 0 Å². The quantitative estimate of drug-likeness (QED) is 0.729. The first kappa shape index (κ1) is 13.3. The fourth-order valence-electron chi connectivity index (χ4n) is 1.80. The van der Waals surface area contributed by atoms with Crippen LogP contribution < -0.4 is 16.4 Å². The average molecular weight is 263 g/mol. The van der Waals surface area contributed by atoms with E-state index in [2.05, 4.69) is 15.5 Å². The molecular weight excluding hydrogens is 246 g/mol. The maximum Gasteiger partial charge on any atom is 0.265 e. The van der Waals surface area contributed by atoms with Gasteiger partial charge in [0.05, 0.1) is 13.1 Å². The maximum absolute atomic E-state index is 11.5. The molecule has 0 fully saturated rings. The first-order valence-electron chi connectivity index (χ1n) is 6.16. The van der Waals surface area contributed by atoms with Gasteiger partial charge < -0.3 is 5.32 Å². The van der Waals surface area contributed by atoms with E-state index in [-0.39, 0.29) is 17.2 Å². The highest BCUT2D eigenvalue weighted by Gasteiger charge is 2.03. The summed E-state index contributed by atoms with van der Waals surface area (Å²) in [5.74, 6) is 0. The van der Waals surface area contributed by atoms with Crippen molar-refractivity contribution in [3.63, 3.8) is 0 Å². The van der Waals surface area contributed by atoms with Gasteiger partial charge in [0, 0.05) is 37.1 Å². The van der Waals surface area contributed by atoms with E-state index in [1.165, 1.54) is 16.8 Å². The van der Waals surface area contributed by atoms with Gasteiger partial charge in [-0.2, -0.15) is 5.10 Å². The molecule has 0 aliphatic carbocycles. The third-order valence-electron chi connectivity index (χ3n) is 2.74. The minimum atomic E-state index is -0.274. The van der Waals surface area contributed by atoms with Crippen molar-refractivity contribution < 1.29 is 0 Å². The van der Waals surface area contributed by atoms with Gasteiger partial charge in [-0.3, -0.25) is 19.4 Å². The Morgan fingerprint density at radius 2 is 2.26 bits per heavy atom. The lowest BCUT2D eigenvalue weighted by Gasteiger charge is -2.14. The van der Waals surface area contributed by atoms with Crippen molar-refractivity contribution in [1.29, 1.82) is 0 Å². The van der Waals surface area contributed by atoms with E-state index in [1.54, 1.807) is 6.20 Å². The first-order chi connectivity index (χ1) is 9.15. The number of hydrogen-bond donors (Lipinski definition) is 2. The molecule has 0 aliphatic rings. The number of H-pyrrole nitrogens is 1. The Labute approximate surface area is 109 Å². The molecule has 2 rings (SSSR count). The van der Waals surface area contributed by atoms with Crippen LogP contribution in [0.15, 0.2) is 40.2 Å². The van der Waals surface area contributed by atoms with Gasteiger partial charge in [0.1, 0.15) is 0 Å². The Morgan fingerprint density at radius 1 is 1.42 bits per heavy atom. The topological polar surface area (TPSA) is 84.7 Å². The van der Waals surface area contributed by atoms with Crippen molar-refractivity contribution in [3.05, 3.63) is 51.3 Å². The molecule has 2 aromatic rings. The van der Waals surface area contributed by atoms with Crippen LogP contribution in [0.4, 0.5) is 0 Å². The minimum Gasteiger partial charge on any atom is -0.311 e. The van der Waals surface area contributed by atoms with Crippen molar-refractivity contribution in [1.82, 2.24) is 24.9 Å². The predicted octanol–water partition coefficient (Wildman–Crippen LogP) is -0.589. The Bertz CT molecular complexity index is 614. The van der Waals surface area contributed by atoms with Gasteiger partial charge in [-0.25, -0.2) is 4.68 Å². The van der Waals surface area contributed by atoms with Crippen molar-refractivity contribution in [2.24, 2.45) is 0 Å². The van der Waals surface area contributed by atoms with E-state index >= 15 is 0 Å². The molecule has 7 heteroatoms. The van der Waals surface area contributed by atoms with E-state index in [1.807, 2.05) is 23.9 Å². The molecule has 0 spiro atoms. The number of rotatable bonds is 6. The van der Waals surface area contributed by atoms with Crippen LogP contribution in [0.25, 0.3) is 0 Å². The van der Waals surface area contributed by atoms with E-state index in [0.29, 0.717) is 13.1 Å². The monoisotopic (exact) mass is 263 g/mol. The lowest BCUT2D eigenvalue weighted by Crippen LogP contribution is -2.36. The van der Waals surface area contributed by atoms with Gasteiger partial charge in [-0.15, -0.1) is 0 Å². The third-order valence-corrected chi connectivity index (χ3v) is 2.74. The molecule has 2 heterocycles. The summed E-state index contributed by atoms with van der Waals surface area (Å²) in [5, 5.41) is 9.88. The molecular formula is C12H17N5O2. The third kappa shape index (κ3) is 3.92. The van der Waals surface area contributed by atoms with Gasteiger partial charge in [-0.05, 0) is 13.0 Å². The van der Waals surface area contributed by atoms with Crippen LogP contribution in [0.2, 0.25) is 0 Å². The summed E-state index contributed by atoms with van der Waals surface area (Å²) in [6, 6.07) is 4.60. The Morgan fingerprint density at radius 3 is 3.00 bits per heavy atom. The van der Waals surface area contributed by atoms with E-state index in [4.69, 9.17) is 0 Å². The second-order valence-electron chi connectivity index (χ2n) is 4.38. The summed E-state index contributed by atoms with van der Waals surface area (Å²) in [6.45, 7) is 3.83. The second-order valence-corrected chi connectivity index (χ2v) is 4.38. The first-order valence-corrected chi connectivity index (χ1v) is 6.16. The zero-order chi connectivity index (χ0) is 13.7. The summed E-state index contributed by atoms with van der Waals surface area (Å²) in [6.07, 6.45) is 3.64. The zero-order valence-electron chi connectivity index (χ0n) is 10.7. The molecule has 7 nitrogen and oxygen atoms in total. The molecule has 19 heavy (non-hydrogen) atoms. The highest BCUT2D eigenvalue weighted by atomic mass is 16.1. The number of aromatic amines is 1. The summed E-state index contributed by atoms with van der Waals surface area (Å²) >= 11 is 0. The van der Waals surface area contributed by atoms with E-state index in [9.17, 15) is 9.59 Å². The van der Waals surface area contributed by atoms with Crippen molar-refractivity contribution >= 4 is 0 Å². The number of nitrogens with zero attached hydrogens (tertiary/aromatic N) is 3. The van der Waals surface area contributed by atoms with E-state index < -0.39 is 0 Å². The number of hydrogen-bond acceptors (Lipinski definition) is 4. The lowest BCUT2D eigenvalue weighted by atomic mass is 10.3. The predicted molar refractivity (Wildman–Crippen MR) is 71.0 cm³/mol. The number of nitrogens with one attached hydrogen (secondary N) is 2. The largest absolute Gasteiger partial charge is 0.311 e. The Balaban J connectivity index is 1.81. The molecule has 0 saturated carbocycles. The molecule has 2 aromatic heterocycles. The van der Waals surface area contributed by atoms with Crippen LogP contribution in [-0.2, 0) is 13.1 Å². The molecule has 0 aromatic carbocycles. The number of aromatic nitrogens is 4. The van der Waals surface area contributed by atoms with Crippen LogP contribution in [-0.4, -0.2) is 32.1 Å². The molecule has 0 bridgehead atoms. The highest BCUT2D eigenvalue weighted by Crippen LogP contribution is 1.90. The van der Waals surface area contributed by atoms with Crippen molar-refractivity contribution in [2.75, 3.05) is 6.54 Å². The fourth-order valence-corrected chi connectivity index (χ4v) is 1.80. The fraction of sp³-hybridized carbons (Fsp3) is 0.417. The Hall–Kier alpha value is -2.15. The van der Waals surface area contributed by atoms with Crippen LogP contribution in [0.1, 0.15) is 6.92 Å². The molecule has 0 saturated heterocycles. The summed E-state index contributed by atoms with van der Waals surface area (Å²) in [7, 11) is 0. The summed E-state index contributed by atoms with van der Waals surface area (Å²) in [4.78, 5) is 22.6. The minimum absolute atomic E-state index is 0.207. The maximum atomic E-state index is 11.5. The van der Waals surface area contributed by atoms with Crippen LogP contribution in [0.5, 0.6) is 0 Å².